The molecule has 3 saturated carbocycles. The first-order chi connectivity index (χ1) is 26.0. The topological polar surface area (TPSA) is 169 Å². The molecule has 2 heterocycles. The molecule has 4 amide bonds. The van der Waals surface area contributed by atoms with Crippen LogP contribution in [0.3, 0.4) is 0 Å². The van der Waals surface area contributed by atoms with E-state index in [0.29, 0.717) is 25.7 Å². The van der Waals surface area contributed by atoms with E-state index in [-0.39, 0.29) is 42.7 Å². The van der Waals surface area contributed by atoms with Gasteiger partial charge in [0, 0.05) is 13.5 Å². The number of hydrogen-bond acceptors (Lipinski definition) is 9. The first kappa shape index (κ1) is 39.3. The van der Waals surface area contributed by atoms with Crippen molar-refractivity contribution < 1.29 is 41.8 Å². The molecule has 2 aromatic rings. The van der Waals surface area contributed by atoms with Crippen LogP contribution in [0.25, 0.3) is 10.8 Å². The van der Waals surface area contributed by atoms with E-state index >= 15 is 0 Å². The fourth-order valence-corrected chi connectivity index (χ4v) is 10.1. The highest BCUT2D eigenvalue weighted by atomic mass is 32.2. The number of alkyl carbamates (subject to hydrolysis) is 1. The summed E-state index contributed by atoms with van der Waals surface area (Å²) in [7, 11) is -0.638. The Kier molecular flexibility index (Phi) is 10.4. The van der Waals surface area contributed by atoms with Gasteiger partial charge in [-0.15, -0.1) is 0 Å². The fourth-order valence-electron chi connectivity index (χ4n) is 8.77. The Balaban J connectivity index is 1.27. The maximum atomic E-state index is 14.7. The van der Waals surface area contributed by atoms with Crippen molar-refractivity contribution in [3.63, 3.8) is 0 Å². The maximum Gasteiger partial charge on any atom is 0.407 e. The van der Waals surface area contributed by atoms with E-state index in [4.69, 9.17) is 14.2 Å². The summed E-state index contributed by atoms with van der Waals surface area (Å²) in [5.41, 5.74) is -0.815. The molecule has 13 nitrogen and oxygen atoms in total. The Morgan fingerprint density at radius 1 is 1.00 bits per heavy atom. The van der Waals surface area contributed by atoms with Crippen LogP contribution in [0.2, 0.25) is 0 Å². The third-order valence-corrected chi connectivity index (χ3v) is 14.6. The van der Waals surface area contributed by atoms with E-state index in [2.05, 4.69) is 35.3 Å². The second-order valence-electron chi connectivity index (χ2n) is 17.7. The van der Waals surface area contributed by atoms with Crippen molar-refractivity contribution in [1.29, 1.82) is 0 Å². The average molecular weight is 781 g/mol. The highest BCUT2D eigenvalue weighted by molar-refractivity contribution is 7.91. The number of amides is 4. The highest BCUT2D eigenvalue weighted by Crippen LogP contribution is 2.57. The molecule has 5 atom stereocenters. The Bertz CT molecular complexity index is 1980. The Morgan fingerprint density at radius 2 is 1.75 bits per heavy atom. The van der Waals surface area contributed by atoms with E-state index < -0.39 is 62.3 Å². The molecule has 14 heteroatoms. The van der Waals surface area contributed by atoms with Crippen molar-refractivity contribution in [2.24, 2.45) is 23.2 Å². The van der Waals surface area contributed by atoms with E-state index in [0.717, 1.165) is 59.8 Å². The largest absolute Gasteiger partial charge is 0.496 e. The van der Waals surface area contributed by atoms with Crippen LogP contribution in [-0.2, 0) is 45.9 Å². The number of aryl methyl sites for hydroxylation is 1. The first-order valence-corrected chi connectivity index (χ1v) is 21.3. The van der Waals surface area contributed by atoms with Crippen LogP contribution in [0.15, 0.2) is 30.3 Å². The zero-order chi connectivity index (χ0) is 39.5. The number of carbonyl (C=O) groups excluding carboxylic acids is 4. The lowest BCUT2D eigenvalue weighted by Crippen LogP contribution is -2.59. The van der Waals surface area contributed by atoms with E-state index in [1.165, 1.54) is 4.90 Å². The van der Waals surface area contributed by atoms with E-state index in [1.807, 2.05) is 38.1 Å². The Morgan fingerprint density at radius 3 is 2.40 bits per heavy atom. The van der Waals surface area contributed by atoms with Crippen LogP contribution in [0, 0.1) is 23.2 Å². The van der Waals surface area contributed by atoms with Crippen LogP contribution in [0.5, 0.6) is 5.75 Å². The molecular formula is C41H56N4O9S. The third-order valence-electron chi connectivity index (χ3n) is 12.7. The summed E-state index contributed by atoms with van der Waals surface area (Å²) in [6.45, 7) is 8.09. The molecule has 3 aliphatic carbocycles. The maximum absolute atomic E-state index is 14.7. The number of nitrogens with one attached hydrogen (secondary N) is 3. The predicted octanol–water partition coefficient (Wildman–Crippen LogP) is 4.69. The molecule has 0 aromatic heterocycles. The molecule has 55 heavy (non-hydrogen) atoms. The van der Waals surface area contributed by atoms with Gasteiger partial charge in [-0.3, -0.25) is 19.1 Å². The molecule has 0 unspecified atom stereocenters. The number of nitrogens with zero attached hydrogens (tertiary/aromatic N) is 1. The molecule has 4 fully saturated rings. The monoisotopic (exact) mass is 780 g/mol. The van der Waals surface area contributed by atoms with Crippen molar-refractivity contribution in [2.45, 2.75) is 120 Å². The van der Waals surface area contributed by atoms with Crippen molar-refractivity contribution in [3.05, 3.63) is 41.5 Å². The zero-order valence-corrected chi connectivity index (χ0v) is 33.7. The molecule has 1 saturated heterocycles. The SMILES string of the molecule is COc1cc2ccc3cc2cc1CCCC(C)(C)CCOC(=O)N[C@@H](C(C)C)C(=O)N1C[C@@]3(OC)C[C@H]1C(=O)N[C@]1(C(=O)NS(=O)(=O)C2CC2)C[C@H]1C1CC1. The zero-order valence-electron chi connectivity index (χ0n) is 32.9. The smallest absolute Gasteiger partial charge is 0.407 e. The number of sulfonamides is 1. The lowest BCUT2D eigenvalue weighted by molar-refractivity contribution is -0.142. The lowest BCUT2D eigenvalue weighted by atomic mass is 9.83. The lowest BCUT2D eigenvalue weighted by Gasteiger charge is -2.32. The van der Waals surface area contributed by atoms with Gasteiger partial charge in [-0.05, 0) is 121 Å². The summed E-state index contributed by atoms with van der Waals surface area (Å²) in [5, 5.41) is 7.10. The van der Waals surface area contributed by atoms with Gasteiger partial charge in [0.05, 0.1) is 25.5 Å². The second-order valence-corrected chi connectivity index (χ2v) is 19.6. The van der Waals surface area contributed by atoms with Gasteiger partial charge in [0.25, 0.3) is 5.91 Å². The van der Waals surface area contributed by atoms with Crippen LogP contribution >= 0.6 is 0 Å². The molecule has 2 aromatic carbocycles. The van der Waals surface area contributed by atoms with Crippen LogP contribution in [-0.4, -0.2) is 87.4 Å². The number of benzene rings is 2. The number of rotatable bonds is 9. The molecule has 5 bridgehead atoms. The van der Waals surface area contributed by atoms with Crippen LogP contribution in [0.1, 0.15) is 96.6 Å². The van der Waals surface area contributed by atoms with E-state index in [1.54, 1.807) is 14.2 Å². The van der Waals surface area contributed by atoms with Crippen molar-refractivity contribution in [2.75, 3.05) is 27.4 Å². The molecule has 3 N–H and O–H groups in total. The van der Waals surface area contributed by atoms with Gasteiger partial charge in [-0.2, -0.15) is 0 Å². The van der Waals surface area contributed by atoms with Gasteiger partial charge >= 0.3 is 6.09 Å². The van der Waals surface area contributed by atoms with Crippen LogP contribution in [0.4, 0.5) is 4.79 Å². The van der Waals surface area contributed by atoms with Gasteiger partial charge in [0.15, 0.2) is 0 Å². The summed E-state index contributed by atoms with van der Waals surface area (Å²) < 4.78 is 45.8. The summed E-state index contributed by atoms with van der Waals surface area (Å²) in [4.78, 5) is 57.8. The molecule has 300 valence electrons. The Labute approximate surface area is 324 Å². The highest BCUT2D eigenvalue weighted by Gasteiger charge is 2.67. The van der Waals surface area contributed by atoms with Gasteiger partial charge in [-0.25, -0.2) is 13.2 Å². The molecule has 5 aliphatic rings. The van der Waals surface area contributed by atoms with E-state index in [9.17, 15) is 27.6 Å². The number of carbonyl (C=O) groups is 4. The molecular weight excluding hydrogens is 725 g/mol. The molecule has 7 rings (SSSR count). The minimum atomic E-state index is -3.86. The van der Waals surface area contributed by atoms with Crippen molar-refractivity contribution in [1.82, 2.24) is 20.3 Å². The van der Waals surface area contributed by atoms with Crippen LogP contribution < -0.4 is 20.1 Å². The molecule has 0 radical (unpaired) electrons. The number of ether oxygens (including phenoxy) is 3. The van der Waals surface area contributed by atoms with Gasteiger partial charge in [-0.1, -0.05) is 39.8 Å². The summed E-state index contributed by atoms with van der Waals surface area (Å²) in [6, 6.07) is 8.00. The number of fused-ring (bicyclic) bond motifs is 5. The minimum Gasteiger partial charge on any atom is -0.496 e. The normalized spacial score (nSPS) is 29.9. The molecule has 0 spiro atoms. The van der Waals surface area contributed by atoms with Gasteiger partial charge < -0.3 is 29.7 Å². The quantitative estimate of drug-likeness (QED) is 0.327. The van der Waals surface area contributed by atoms with Gasteiger partial charge in [0.2, 0.25) is 21.8 Å². The minimum absolute atomic E-state index is 0.00954. The second kappa shape index (κ2) is 14.5. The first-order valence-electron chi connectivity index (χ1n) is 19.8. The fraction of sp³-hybridized carbons (Fsp3) is 0.659. The Hall–Kier alpha value is -3.91. The summed E-state index contributed by atoms with van der Waals surface area (Å²) >= 11 is 0. The standard InChI is InChI=1S/C41H56N4O9S/c1-24(2)34-36(47)45-23-40(53-6,22-32(45)35(46)43-41(21-31(41)25-9-10-25)37(48)44-55(50,51)30-13-14-30)29-12-11-26-20-33(52-5)27(18-28(26)19-29)8-7-15-39(3,4)16-17-54-38(49)42-34/h11-12,18-20,24-25,30-32,34H,7-10,13-17,21-23H2,1-6H3,(H,42,49)(H,43,46)(H,44,48)/t31-,32-,34-,40-,41+/m0/s1. The summed E-state index contributed by atoms with van der Waals surface area (Å²) in [5.74, 6) is -1.34. The van der Waals surface area contributed by atoms with Gasteiger partial charge in [0.1, 0.15) is 29.0 Å². The van der Waals surface area contributed by atoms with Crippen molar-refractivity contribution >= 4 is 44.6 Å². The predicted molar refractivity (Wildman–Crippen MR) is 206 cm³/mol. The van der Waals surface area contributed by atoms with Crippen molar-refractivity contribution in [3.8, 4) is 5.75 Å². The number of cyclic esters (lactones) is 1. The molecule has 2 aliphatic heterocycles. The number of hydrogen-bond donors (Lipinski definition) is 3. The number of methoxy groups -OCH3 is 2. The third kappa shape index (κ3) is 7.90. The average Bonchev–Trinajstić information content (AvgIpc) is 4.01. The summed E-state index contributed by atoms with van der Waals surface area (Å²) in [6.07, 6.45) is 5.65.